The average Bonchev–Trinajstić information content (AvgIpc) is 2.32. The summed E-state index contributed by atoms with van der Waals surface area (Å²) >= 11 is 3.35. The van der Waals surface area contributed by atoms with E-state index in [4.69, 9.17) is 4.74 Å². The summed E-state index contributed by atoms with van der Waals surface area (Å²) < 4.78 is 6.32. The predicted octanol–water partition coefficient (Wildman–Crippen LogP) is 4.60. The molecule has 1 N–H and O–H groups in total. The summed E-state index contributed by atoms with van der Waals surface area (Å²) in [6.45, 7) is 14.8. The second kappa shape index (κ2) is 7.51. The molecule has 0 fully saturated rings. The number of hydrogen-bond acceptors (Lipinski definition) is 4. The summed E-state index contributed by atoms with van der Waals surface area (Å²) in [7, 11) is 0. The van der Waals surface area contributed by atoms with Gasteiger partial charge in [0.1, 0.15) is 10.2 Å². The van der Waals surface area contributed by atoms with Crippen molar-refractivity contribution in [3.05, 3.63) is 22.4 Å². The van der Waals surface area contributed by atoms with Gasteiger partial charge in [-0.2, -0.15) is 0 Å². The first kappa shape index (κ1) is 19.7. The number of rotatable bonds is 4. The van der Waals surface area contributed by atoms with Crippen molar-refractivity contribution in [2.45, 2.75) is 59.6 Å². The number of carbonyl (C=O) groups is 1. The fourth-order valence-electron chi connectivity index (χ4n) is 2.04. The van der Waals surface area contributed by atoms with Crippen molar-refractivity contribution in [1.29, 1.82) is 0 Å². The Bertz CT molecular complexity index is 548. The first-order chi connectivity index (χ1) is 10.4. The van der Waals surface area contributed by atoms with Crippen LogP contribution in [-0.4, -0.2) is 40.2 Å². The summed E-state index contributed by atoms with van der Waals surface area (Å²) in [4.78, 5) is 18.5. The van der Waals surface area contributed by atoms with Gasteiger partial charge in [0, 0.05) is 18.6 Å². The highest BCUT2D eigenvalue weighted by Gasteiger charge is 2.30. The molecule has 5 nitrogen and oxygen atoms in total. The number of pyridine rings is 1. The van der Waals surface area contributed by atoms with E-state index in [0.717, 1.165) is 16.0 Å². The molecule has 0 saturated heterocycles. The molecule has 6 heteroatoms. The Hall–Kier alpha value is -1.30. The monoisotopic (exact) mass is 385 g/mol. The van der Waals surface area contributed by atoms with Crippen molar-refractivity contribution in [3.8, 4) is 0 Å². The number of anilines is 1. The molecule has 0 aliphatic carbocycles. The Morgan fingerprint density at radius 1 is 1.26 bits per heavy atom. The van der Waals surface area contributed by atoms with Gasteiger partial charge in [0.2, 0.25) is 0 Å². The molecule has 1 amide bonds. The summed E-state index contributed by atoms with van der Waals surface area (Å²) in [5.41, 5.74) is 1.07. The third-order valence-electron chi connectivity index (χ3n) is 3.13. The van der Waals surface area contributed by atoms with E-state index in [9.17, 15) is 4.79 Å². The number of aromatic nitrogens is 1. The van der Waals surface area contributed by atoms with Crippen LogP contribution in [0.1, 0.15) is 47.2 Å². The van der Waals surface area contributed by atoms with Gasteiger partial charge in [0.25, 0.3) is 0 Å². The molecule has 1 heterocycles. The zero-order valence-electron chi connectivity index (χ0n) is 15.2. The van der Waals surface area contributed by atoms with Crippen LogP contribution in [0.4, 0.5) is 10.5 Å². The molecule has 0 unspecified atom stereocenters. The summed E-state index contributed by atoms with van der Waals surface area (Å²) in [6.07, 6.45) is -0.294. The number of halogens is 1. The van der Waals surface area contributed by atoms with Gasteiger partial charge in [0.15, 0.2) is 0 Å². The van der Waals surface area contributed by atoms with E-state index in [-0.39, 0.29) is 11.6 Å². The second-order valence-corrected chi connectivity index (χ2v) is 8.31. The number of nitrogens with zero attached hydrogens (tertiary/aromatic N) is 2. The van der Waals surface area contributed by atoms with Gasteiger partial charge < -0.3 is 15.0 Å². The Kier molecular flexibility index (Phi) is 6.45. The van der Waals surface area contributed by atoms with Crippen molar-refractivity contribution in [3.63, 3.8) is 0 Å². The molecule has 0 aliphatic rings. The number of carbonyl (C=O) groups excluding carboxylic acids is 1. The zero-order valence-corrected chi connectivity index (χ0v) is 16.7. The molecule has 0 atom stereocenters. The van der Waals surface area contributed by atoms with Crippen molar-refractivity contribution >= 4 is 27.7 Å². The quantitative estimate of drug-likeness (QED) is 0.769. The molecule has 0 spiro atoms. The van der Waals surface area contributed by atoms with Crippen LogP contribution >= 0.6 is 15.9 Å². The summed E-state index contributed by atoms with van der Waals surface area (Å²) in [6, 6.07) is 3.87. The van der Waals surface area contributed by atoms with Crippen LogP contribution in [0, 0.1) is 6.92 Å². The molecule has 130 valence electrons. The molecule has 1 rings (SSSR count). The number of nitrogens with one attached hydrogen (secondary N) is 1. The van der Waals surface area contributed by atoms with Crippen LogP contribution in [0.25, 0.3) is 0 Å². The van der Waals surface area contributed by atoms with Gasteiger partial charge >= 0.3 is 6.09 Å². The van der Waals surface area contributed by atoms with E-state index in [1.807, 2.05) is 60.6 Å². The number of ether oxygens (including phenoxy) is 1. The molecule has 0 radical (unpaired) electrons. The van der Waals surface area contributed by atoms with Gasteiger partial charge in [0.05, 0.1) is 11.4 Å². The van der Waals surface area contributed by atoms with Crippen LogP contribution < -0.4 is 5.32 Å². The van der Waals surface area contributed by atoms with Crippen LogP contribution in [-0.2, 0) is 4.74 Å². The van der Waals surface area contributed by atoms with E-state index in [0.29, 0.717) is 13.1 Å². The lowest BCUT2D eigenvalue weighted by molar-refractivity contribution is 0.00749. The molecular formula is C17H28BrN3O2. The largest absolute Gasteiger partial charge is 0.444 e. The molecule has 0 aromatic carbocycles. The lowest BCUT2D eigenvalue weighted by Gasteiger charge is -2.37. The first-order valence-electron chi connectivity index (χ1n) is 7.78. The lowest BCUT2D eigenvalue weighted by atomic mass is 10.1. The minimum absolute atomic E-state index is 0.294. The smallest absolute Gasteiger partial charge is 0.410 e. The molecule has 23 heavy (non-hydrogen) atoms. The zero-order chi connectivity index (χ0) is 17.8. The molecule has 0 bridgehead atoms. The summed E-state index contributed by atoms with van der Waals surface area (Å²) in [5, 5.41) is 3.33. The number of aryl methyl sites for hydroxylation is 1. The van der Waals surface area contributed by atoms with Crippen molar-refractivity contribution in [2.24, 2.45) is 0 Å². The van der Waals surface area contributed by atoms with Crippen LogP contribution in [0.5, 0.6) is 0 Å². The van der Waals surface area contributed by atoms with Gasteiger partial charge in [-0.15, -0.1) is 0 Å². The van der Waals surface area contributed by atoms with Crippen LogP contribution in [0.3, 0.4) is 0 Å². The maximum absolute atomic E-state index is 12.4. The standard InChI is InChI=1S/C17H28BrN3O2/c1-12-13(8-9-14(18)20-12)19-10-11-21(16(2,3)4)15(22)23-17(5,6)7/h8-9,19H,10-11H2,1-7H3. The third kappa shape index (κ3) is 6.77. The second-order valence-electron chi connectivity index (χ2n) is 7.50. The SMILES string of the molecule is Cc1nc(Br)ccc1NCCN(C(=O)OC(C)(C)C)C(C)(C)C. The molecule has 0 saturated carbocycles. The third-order valence-corrected chi connectivity index (χ3v) is 3.57. The molecule has 0 aliphatic heterocycles. The van der Waals surface area contributed by atoms with Gasteiger partial charge in [-0.1, -0.05) is 0 Å². The van der Waals surface area contributed by atoms with Gasteiger partial charge in [-0.25, -0.2) is 9.78 Å². The van der Waals surface area contributed by atoms with E-state index >= 15 is 0 Å². The van der Waals surface area contributed by atoms with E-state index in [1.54, 1.807) is 4.90 Å². The molecule has 1 aromatic rings. The van der Waals surface area contributed by atoms with Crippen molar-refractivity contribution < 1.29 is 9.53 Å². The minimum atomic E-state index is -0.500. The highest BCUT2D eigenvalue weighted by atomic mass is 79.9. The summed E-state index contributed by atoms with van der Waals surface area (Å²) in [5.74, 6) is 0. The van der Waals surface area contributed by atoms with Gasteiger partial charge in [-0.3, -0.25) is 0 Å². The van der Waals surface area contributed by atoms with Crippen LogP contribution in [0.2, 0.25) is 0 Å². The average molecular weight is 386 g/mol. The fraction of sp³-hybridized carbons (Fsp3) is 0.647. The maximum atomic E-state index is 12.4. The van der Waals surface area contributed by atoms with Crippen LogP contribution in [0.15, 0.2) is 16.7 Å². The first-order valence-corrected chi connectivity index (χ1v) is 8.57. The van der Waals surface area contributed by atoms with Crippen molar-refractivity contribution in [1.82, 2.24) is 9.88 Å². The molecular weight excluding hydrogens is 358 g/mol. The van der Waals surface area contributed by atoms with E-state index < -0.39 is 5.60 Å². The fourth-order valence-corrected chi connectivity index (χ4v) is 2.44. The highest BCUT2D eigenvalue weighted by Crippen LogP contribution is 2.19. The minimum Gasteiger partial charge on any atom is -0.444 e. The predicted molar refractivity (Wildman–Crippen MR) is 97.9 cm³/mol. The Morgan fingerprint density at radius 2 is 1.87 bits per heavy atom. The Balaban J connectivity index is 2.70. The molecule has 1 aromatic heterocycles. The number of hydrogen-bond donors (Lipinski definition) is 1. The van der Waals surface area contributed by atoms with Crippen molar-refractivity contribution in [2.75, 3.05) is 18.4 Å². The normalized spacial score (nSPS) is 12.0. The Labute approximate surface area is 147 Å². The maximum Gasteiger partial charge on any atom is 0.410 e. The highest BCUT2D eigenvalue weighted by molar-refractivity contribution is 9.10. The van der Waals surface area contributed by atoms with E-state index in [1.165, 1.54) is 0 Å². The lowest BCUT2D eigenvalue weighted by Crippen LogP contribution is -2.49. The Morgan fingerprint density at radius 3 is 2.35 bits per heavy atom. The topological polar surface area (TPSA) is 54.5 Å². The number of amides is 1. The van der Waals surface area contributed by atoms with Gasteiger partial charge in [-0.05, 0) is 76.5 Å². The van der Waals surface area contributed by atoms with E-state index in [2.05, 4.69) is 26.2 Å².